The molecule has 3 rings (SSSR count). The summed E-state index contributed by atoms with van der Waals surface area (Å²) in [6, 6.07) is 13.1. The van der Waals surface area contributed by atoms with Crippen molar-refractivity contribution in [3.05, 3.63) is 63.1 Å². The molecule has 0 bridgehead atoms. The van der Waals surface area contributed by atoms with Gasteiger partial charge in [-0.1, -0.05) is 40.2 Å². The molecule has 1 atom stereocenters. The van der Waals surface area contributed by atoms with Gasteiger partial charge in [-0.2, -0.15) is 0 Å². The molecule has 0 aliphatic carbocycles. The highest BCUT2D eigenvalue weighted by molar-refractivity contribution is 9.10. The van der Waals surface area contributed by atoms with Gasteiger partial charge in [0.05, 0.1) is 12.6 Å². The molecule has 1 aliphatic heterocycles. The molecule has 0 amide bonds. The van der Waals surface area contributed by atoms with Crippen molar-refractivity contribution in [3.8, 4) is 5.75 Å². The Labute approximate surface area is 128 Å². The SMILES string of the molecule is CNC(c1ccc2c(c1)CCO2)c1cccc(Br)c1C. The van der Waals surface area contributed by atoms with Crippen molar-refractivity contribution in [2.75, 3.05) is 13.7 Å². The predicted octanol–water partition coefficient (Wildman–Crippen LogP) is 4.00. The van der Waals surface area contributed by atoms with Gasteiger partial charge in [-0.25, -0.2) is 0 Å². The van der Waals surface area contributed by atoms with Crippen LogP contribution in [0.5, 0.6) is 5.75 Å². The highest BCUT2D eigenvalue weighted by Gasteiger charge is 2.19. The fraction of sp³-hybridized carbons (Fsp3) is 0.294. The van der Waals surface area contributed by atoms with Crippen LogP contribution in [0.25, 0.3) is 0 Å². The van der Waals surface area contributed by atoms with Crippen molar-refractivity contribution >= 4 is 15.9 Å². The number of ether oxygens (including phenoxy) is 1. The number of nitrogens with one attached hydrogen (secondary N) is 1. The lowest BCUT2D eigenvalue weighted by Crippen LogP contribution is -2.19. The minimum atomic E-state index is 0.207. The van der Waals surface area contributed by atoms with E-state index in [4.69, 9.17) is 4.74 Å². The Morgan fingerprint density at radius 3 is 2.90 bits per heavy atom. The van der Waals surface area contributed by atoms with E-state index in [2.05, 4.69) is 64.6 Å². The van der Waals surface area contributed by atoms with Crippen molar-refractivity contribution in [1.29, 1.82) is 0 Å². The average molecular weight is 332 g/mol. The maximum Gasteiger partial charge on any atom is 0.122 e. The first-order valence-corrected chi connectivity index (χ1v) is 7.68. The fourth-order valence-corrected chi connectivity index (χ4v) is 3.21. The van der Waals surface area contributed by atoms with Crippen molar-refractivity contribution in [3.63, 3.8) is 0 Å². The van der Waals surface area contributed by atoms with Gasteiger partial charge in [0.25, 0.3) is 0 Å². The molecule has 2 nitrogen and oxygen atoms in total. The van der Waals surface area contributed by atoms with Crippen LogP contribution in [-0.2, 0) is 6.42 Å². The maximum absolute atomic E-state index is 5.59. The van der Waals surface area contributed by atoms with Gasteiger partial charge >= 0.3 is 0 Å². The van der Waals surface area contributed by atoms with Crippen LogP contribution in [0.4, 0.5) is 0 Å². The second-order valence-corrected chi connectivity index (χ2v) is 6.00. The Kier molecular flexibility index (Phi) is 3.81. The van der Waals surface area contributed by atoms with Gasteiger partial charge < -0.3 is 10.1 Å². The Morgan fingerprint density at radius 2 is 2.10 bits per heavy atom. The summed E-state index contributed by atoms with van der Waals surface area (Å²) in [7, 11) is 2.01. The zero-order valence-electron chi connectivity index (χ0n) is 11.7. The molecule has 20 heavy (non-hydrogen) atoms. The van der Waals surface area contributed by atoms with Crippen molar-refractivity contribution in [1.82, 2.24) is 5.32 Å². The molecule has 0 aromatic heterocycles. The lowest BCUT2D eigenvalue weighted by Gasteiger charge is -2.20. The quantitative estimate of drug-likeness (QED) is 0.917. The number of halogens is 1. The summed E-state index contributed by atoms with van der Waals surface area (Å²) < 4.78 is 6.74. The van der Waals surface area contributed by atoms with Crippen LogP contribution in [0, 0.1) is 6.92 Å². The Hall–Kier alpha value is -1.32. The molecule has 1 aliphatic rings. The van der Waals surface area contributed by atoms with E-state index in [1.807, 2.05) is 7.05 Å². The fourth-order valence-electron chi connectivity index (χ4n) is 2.82. The molecule has 0 saturated carbocycles. The first-order valence-electron chi connectivity index (χ1n) is 6.88. The van der Waals surface area contributed by atoms with E-state index in [0.717, 1.165) is 23.2 Å². The third-order valence-electron chi connectivity index (χ3n) is 3.96. The Balaban J connectivity index is 2.03. The topological polar surface area (TPSA) is 21.3 Å². The van der Waals surface area contributed by atoms with E-state index in [1.54, 1.807) is 0 Å². The van der Waals surface area contributed by atoms with E-state index in [0.29, 0.717) is 0 Å². The van der Waals surface area contributed by atoms with Crippen molar-refractivity contribution in [2.45, 2.75) is 19.4 Å². The van der Waals surface area contributed by atoms with E-state index >= 15 is 0 Å². The molecule has 0 radical (unpaired) electrons. The molecule has 1 N–H and O–H groups in total. The van der Waals surface area contributed by atoms with Crippen molar-refractivity contribution in [2.24, 2.45) is 0 Å². The van der Waals surface area contributed by atoms with E-state index in [-0.39, 0.29) is 6.04 Å². The van der Waals surface area contributed by atoms with E-state index < -0.39 is 0 Å². The highest BCUT2D eigenvalue weighted by Crippen LogP contribution is 2.33. The van der Waals surface area contributed by atoms with Gasteiger partial charge in [-0.05, 0) is 48.4 Å². The average Bonchev–Trinajstić information content (AvgIpc) is 2.92. The lowest BCUT2D eigenvalue weighted by atomic mass is 9.93. The monoisotopic (exact) mass is 331 g/mol. The van der Waals surface area contributed by atoms with Crippen LogP contribution in [0.2, 0.25) is 0 Å². The third kappa shape index (κ3) is 2.36. The summed E-state index contributed by atoms with van der Waals surface area (Å²) in [5, 5.41) is 3.43. The number of rotatable bonds is 3. The summed E-state index contributed by atoms with van der Waals surface area (Å²) in [6.07, 6.45) is 1.01. The first-order chi connectivity index (χ1) is 9.70. The minimum absolute atomic E-state index is 0.207. The molecule has 3 heteroatoms. The zero-order valence-corrected chi connectivity index (χ0v) is 13.3. The lowest BCUT2D eigenvalue weighted by molar-refractivity contribution is 0.357. The Morgan fingerprint density at radius 1 is 1.25 bits per heavy atom. The van der Waals surface area contributed by atoms with Gasteiger partial charge in [0.15, 0.2) is 0 Å². The molecular formula is C17H18BrNO. The van der Waals surface area contributed by atoms with Gasteiger partial charge in [0, 0.05) is 10.9 Å². The maximum atomic E-state index is 5.59. The summed E-state index contributed by atoms with van der Waals surface area (Å²) >= 11 is 3.62. The minimum Gasteiger partial charge on any atom is -0.493 e. The summed E-state index contributed by atoms with van der Waals surface area (Å²) in [4.78, 5) is 0. The summed E-state index contributed by atoms with van der Waals surface area (Å²) in [5.74, 6) is 1.04. The molecule has 1 heterocycles. The highest BCUT2D eigenvalue weighted by atomic mass is 79.9. The predicted molar refractivity (Wildman–Crippen MR) is 85.4 cm³/mol. The zero-order chi connectivity index (χ0) is 14.1. The largest absolute Gasteiger partial charge is 0.493 e. The second-order valence-electron chi connectivity index (χ2n) is 5.14. The van der Waals surface area contributed by atoms with Crippen LogP contribution in [0.1, 0.15) is 28.3 Å². The van der Waals surface area contributed by atoms with Gasteiger partial charge in [-0.15, -0.1) is 0 Å². The summed E-state index contributed by atoms with van der Waals surface area (Å²) in [5.41, 5.74) is 5.19. The molecule has 104 valence electrons. The summed E-state index contributed by atoms with van der Waals surface area (Å²) in [6.45, 7) is 2.96. The Bertz CT molecular complexity index is 639. The second kappa shape index (κ2) is 5.58. The standard InChI is InChI=1S/C17H18BrNO/c1-11-14(4-3-5-15(11)18)17(19-2)13-6-7-16-12(10-13)8-9-20-16/h3-7,10,17,19H,8-9H2,1-2H3. The molecule has 2 aromatic rings. The van der Waals surface area contributed by atoms with E-state index in [9.17, 15) is 0 Å². The number of fused-ring (bicyclic) bond motifs is 1. The van der Waals surface area contributed by atoms with Crippen molar-refractivity contribution < 1.29 is 4.74 Å². The number of benzene rings is 2. The van der Waals surface area contributed by atoms with Crippen LogP contribution < -0.4 is 10.1 Å². The molecule has 0 saturated heterocycles. The molecule has 1 unspecified atom stereocenters. The number of hydrogen-bond acceptors (Lipinski definition) is 2. The van der Waals surface area contributed by atoms with Gasteiger partial charge in [0.2, 0.25) is 0 Å². The van der Waals surface area contributed by atoms with Crippen LogP contribution in [0.15, 0.2) is 40.9 Å². The molecule has 2 aromatic carbocycles. The van der Waals surface area contributed by atoms with Crippen LogP contribution in [0.3, 0.4) is 0 Å². The molecule has 0 spiro atoms. The van der Waals surface area contributed by atoms with Gasteiger partial charge in [-0.3, -0.25) is 0 Å². The first kappa shape index (κ1) is 13.7. The molecule has 0 fully saturated rings. The normalized spacial score (nSPS) is 14.8. The molecular weight excluding hydrogens is 314 g/mol. The van der Waals surface area contributed by atoms with Crippen LogP contribution in [-0.4, -0.2) is 13.7 Å². The smallest absolute Gasteiger partial charge is 0.122 e. The van der Waals surface area contributed by atoms with Gasteiger partial charge in [0.1, 0.15) is 5.75 Å². The third-order valence-corrected chi connectivity index (χ3v) is 4.82. The van der Waals surface area contributed by atoms with E-state index in [1.165, 1.54) is 22.3 Å². The van der Waals surface area contributed by atoms with Crippen LogP contribution >= 0.6 is 15.9 Å². The number of hydrogen-bond donors (Lipinski definition) is 1.